The molecule has 0 saturated carbocycles. The first-order chi connectivity index (χ1) is 8.84. The molecule has 0 N–H and O–H groups in total. The van der Waals surface area contributed by atoms with Crippen molar-refractivity contribution in [1.29, 1.82) is 0 Å². The maximum Gasteiger partial charge on any atom is 0.0347 e. The summed E-state index contributed by atoms with van der Waals surface area (Å²) in [5.74, 6) is 0. The van der Waals surface area contributed by atoms with Gasteiger partial charge in [-0.1, -0.05) is 66.8 Å². The second-order valence-corrected chi connectivity index (χ2v) is 4.80. The van der Waals surface area contributed by atoms with Crippen molar-refractivity contribution >= 4 is 10.8 Å². The Balaban J connectivity index is 2.16. The van der Waals surface area contributed by atoms with Crippen LogP contribution in [0, 0.1) is 0 Å². The molecule has 1 unspecified atom stereocenters. The Labute approximate surface area is 108 Å². The van der Waals surface area contributed by atoms with Gasteiger partial charge in [0.1, 0.15) is 0 Å². The van der Waals surface area contributed by atoms with E-state index in [4.69, 9.17) is 0 Å². The van der Waals surface area contributed by atoms with Gasteiger partial charge in [0.25, 0.3) is 0 Å². The van der Waals surface area contributed by atoms with Crippen molar-refractivity contribution in [1.82, 2.24) is 0 Å². The third kappa shape index (κ3) is 1.70. The highest BCUT2D eigenvalue weighted by molar-refractivity contribution is 5.83. The molecule has 0 spiro atoms. The summed E-state index contributed by atoms with van der Waals surface area (Å²) < 4.78 is 0. The third-order valence-electron chi connectivity index (χ3n) is 3.75. The standard InChI is InChI=1S/C18H16/c1-2-18(12-6-3-7-13-18)17-11-10-15-8-4-5-9-16(15)14-17/h2-12,14H,1,13H2. The molecular weight excluding hydrogens is 216 g/mol. The zero-order valence-corrected chi connectivity index (χ0v) is 10.3. The predicted octanol–water partition coefficient (Wildman–Crippen LogP) is 4.78. The molecule has 1 aliphatic rings. The SMILES string of the molecule is C=CC1(c2ccc3ccccc3c2)C=CC=CC1. The number of allylic oxidation sites excluding steroid dienone is 5. The van der Waals surface area contributed by atoms with E-state index < -0.39 is 0 Å². The van der Waals surface area contributed by atoms with E-state index in [9.17, 15) is 0 Å². The molecule has 0 bridgehead atoms. The third-order valence-corrected chi connectivity index (χ3v) is 3.75. The van der Waals surface area contributed by atoms with Gasteiger partial charge in [-0.15, -0.1) is 6.58 Å². The summed E-state index contributed by atoms with van der Waals surface area (Å²) in [7, 11) is 0. The smallest absolute Gasteiger partial charge is 0.0347 e. The van der Waals surface area contributed by atoms with Crippen molar-refractivity contribution in [2.75, 3.05) is 0 Å². The minimum atomic E-state index is -0.0429. The molecule has 0 fully saturated rings. The highest BCUT2D eigenvalue weighted by Crippen LogP contribution is 2.35. The average molecular weight is 232 g/mol. The van der Waals surface area contributed by atoms with Crippen LogP contribution in [0.1, 0.15) is 12.0 Å². The molecule has 2 aromatic rings. The van der Waals surface area contributed by atoms with Crippen LogP contribution in [0.15, 0.2) is 79.4 Å². The topological polar surface area (TPSA) is 0 Å². The Bertz CT molecular complexity index is 646. The summed E-state index contributed by atoms with van der Waals surface area (Å²) in [4.78, 5) is 0. The number of hydrogen-bond acceptors (Lipinski definition) is 0. The van der Waals surface area contributed by atoms with Crippen LogP contribution >= 0.6 is 0 Å². The van der Waals surface area contributed by atoms with E-state index in [0.29, 0.717) is 0 Å². The molecule has 0 nitrogen and oxygen atoms in total. The van der Waals surface area contributed by atoms with E-state index in [1.54, 1.807) is 0 Å². The summed E-state index contributed by atoms with van der Waals surface area (Å²) in [6.07, 6.45) is 11.7. The Hall–Kier alpha value is -2.08. The van der Waals surface area contributed by atoms with Crippen molar-refractivity contribution in [3.05, 3.63) is 85.0 Å². The molecule has 0 heterocycles. The van der Waals surface area contributed by atoms with Gasteiger partial charge in [0.2, 0.25) is 0 Å². The lowest BCUT2D eigenvalue weighted by atomic mass is 9.75. The van der Waals surface area contributed by atoms with Gasteiger partial charge in [-0.05, 0) is 28.8 Å². The summed E-state index contributed by atoms with van der Waals surface area (Å²) in [6, 6.07) is 15.2. The van der Waals surface area contributed by atoms with Crippen LogP contribution in [-0.2, 0) is 5.41 Å². The maximum absolute atomic E-state index is 4.03. The number of hydrogen-bond donors (Lipinski definition) is 0. The normalized spacial score (nSPS) is 22.2. The fourth-order valence-corrected chi connectivity index (χ4v) is 2.60. The zero-order valence-electron chi connectivity index (χ0n) is 10.3. The van der Waals surface area contributed by atoms with E-state index in [1.165, 1.54) is 16.3 Å². The molecule has 3 rings (SSSR count). The highest BCUT2D eigenvalue weighted by Gasteiger charge is 2.25. The lowest BCUT2D eigenvalue weighted by Gasteiger charge is -2.28. The molecule has 1 aliphatic carbocycles. The van der Waals surface area contributed by atoms with Crippen LogP contribution < -0.4 is 0 Å². The van der Waals surface area contributed by atoms with E-state index >= 15 is 0 Å². The Kier molecular flexibility index (Phi) is 2.64. The van der Waals surface area contributed by atoms with Crippen molar-refractivity contribution in [2.45, 2.75) is 11.8 Å². The van der Waals surface area contributed by atoms with Crippen LogP contribution in [0.5, 0.6) is 0 Å². The molecular formula is C18H16. The second kappa shape index (κ2) is 4.30. The maximum atomic E-state index is 4.03. The molecule has 0 aromatic heterocycles. The molecule has 2 aromatic carbocycles. The van der Waals surface area contributed by atoms with Gasteiger partial charge in [-0.3, -0.25) is 0 Å². The van der Waals surface area contributed by atoms with Gasteiger partial charge in [-0.25, -0.2) is 0 Å². The molecule has 0 heteroatoms. The minimum Gasteiger partial charge on any atom is -0.102 e. The van der Waals surface area contributed by atoms with Gasteiger partial charge < -0.3 is 0 Å². The van der Waals surface area contributed by atoms with Gasteiger partial charge in [0.05, 0.1) is 0 Å². The zero-order chi connectivity index (χ0) is 12.4. The first-order valence-electron chi connectivity index (χ1n) is 6.31. The Morgan fingerprint density at radius 3 is 2.56 bits per heavy atom. The first-order valence-corrected chi connectivity index (χ1v) is 6.31. The molecule has 0 saturated heterocycles. The molecule has 1 atom stereocenters. The van der Waals surface area contributed by atoms with Crippen LogP contribution in [0.2, 0.25) is 0 Å². The van der Waals surface area contributed by atoms with Gasteiger partial charge >= 0.3 is 0 Å². The van der Waals surface area contributed by atoms with Crippen molar-refractivity contribution in [3.8, 4) is 0 Å². The van der Waals surface area contributed by atoms with Crippen molar-refractivity contribution in [3.63, 3.8) is 0 Å². The molecule has 0 amide bonds. The van der Waals surface area contributed by atoms with Crippen LogP contribution in [0.25, 0.3) is 10.8 Å². The Morgan fingerprint density at radius 2 is 1.83 bits per heavy atom. The molecule has 0 aliphatic heterocycles. The highest BCUT2D eigenvalue weighted by atomic mass is 14.3. The average Bonchev–Trinajstić information content (AvgIpc) is 2.47. The van der Waals surface area contributed by atoms with Crippen LogP contribution in [-0.4, -0.2) is 0 Å². The number of fused-ring (bicyclic) bond motifs is 1. The van der Waals surface area contributed by atoms with E-state index in [1.807, 2.05) is 0 Å². The van der Waals surface area contributed by atoms with Gasteiger partial charge in [-0.2, -0.15) is 0 Å². The largest absolute Gasteiger partial charge is 0.102 e. The van der Waals surface area contributed by atoms with Crippen molar-refractivity contribution < 1.29 is 0 Å². The van der Waals surface area contributed by atoms with E-state index in [-0.39, 0.29) is 5.41 Å². The fourth-order valence-electron chi connectivity index (χ4n) is 2.60. The molecule has 0 radical (unpaired) electrons. The molecule has 18 heavy (non-hydrogen) atoms. The minimum absolute atomic E-state index is 0.0429. The van der Waals surface area contributed by atoms with Crippen LogP contribution in [0.4, 0.5) is 0 Å². The summed E-state index contributed by atoms with van der Waals surface area (Å²) in [5, 5.41) is 2.58. The van der Waals surface area contributed by atoms with Crippen LogP contribution in [0.3, 0.4) is 0 Å². The predicted molar refractivity (Wildman–Crippen MR) is 78.7 cm³/mol. The summed E-state index contributed by atoms with van der Waals surface area (Å²) >= 11 is 0. The summed E-state index contributed by atoms with van der Waals surface area (Å²) in [5.41, 5.74) is 1.27. The monoisotopic (exact) mass is 232 g/mol. The first kappa shape index (κ1) is 11.0. The number of rotatable bonds is 2. The van der Waals surface area contributed by atoms with Gasteiger partial charge in [0, 0.05) is 5.41 Å². The number of benzene rings is 2. The van der Waals surface area contributed by atoms with Crippen molar-refractivity contribution in [2.24, 2.45) is 0 Å². The molecule has 88 valence electrons. The Morgan fingerprint density at radius 1 is 1.00 bits per heavy atom. The quantitative estimate of drug-likeness (QED) is 0.654. The van der Waals surface area contributed by atoms with Gasteiger partial charge in [0.15, 0.2) is 0 Å². The second-order valence-electron chi connectivity index (χ2n) is 4.80. The fraction of sp³-hybridized carbons (Fsp3) is 0.111. The lowest BCUT2D eigenvalue weighted by Crippen LogP contribution is -2.20. The summed E-state index contributed by atoms with van der Waals surface area (Å²) in [6.45, 7) is 4.03. The lowest BCUT2D eigenvalue weighted by molar-refractivity contribution is 0.678. The van der Waals surface area contributed by atoms with E-state index in [2.05, 4.69) is 79.4 Å². The van der Waals surface area contributed by atoms with E-state index in [0.717, 1.165) is 6.42 Å².